The monoisotopic (exact) mass is 432 g/mol. The Hall–Kier alpha value is -2.12. The number of phenolic OH excluding ortho intramolecular Hbond substituents is 1. The highest BCUT2D eigenvalue weighted by Crippen LogP contribution is 2.64. The first-order valence-electron chi connectivity index (χ1n) is 11.0. The third-order valence-electron chi connectivity index (χ3n) is 7.81. The van der Waals surface area contributed by atoms with Gasteiger partial charge in [-0.05, 0) is 43.5 Å². The van der Waals surface area contributed by atoms with Crippen LogP contribution in [0.25, 0.3) is 0 Å². The Morgan fingerprint density at radius 3 is 2.32 bits per heavy atom. The fourth-order valence-corrected chi connectivity index (χ4v) is 5.96. The van der Waals surface area contributed by atoms with Gasteiger partial charge in [0.1, 0.15) is 18.0 Å². The van der Waals surface area contributed by atoms with Crippen LogP contribution in [0.1, 0.15) is 64.2 Å². The third-order valence-corrected chi connectivity index (χ3v) is 7.81. The van der Waals surface area contributed by atoms with E-state index >= 15 is 0 Å². The molecule has 4 rings (SSSR count). The maximum Gasteiger partial charge on any atom is 0.338 e. The van der Waals surface area contributed by atoms with E-state index in [-0.39, 0.29) is 23.7 Å². The zero-order chi connectivity index (χ0) is 22.8. The van der Waals surface area contributed by atoms with E-state index in [0.717, 1.165) is 0 Å². The molecule has 170 valence electrons. The number of esters is 2. The molecule has 0 amide bonds. The van der Waals surface area contributed by atoms with E-state index in [2.05, 4.69) is 0 Å². The van der Waals surface area contributed by atoms with Crippen molar-refractivity contribution in [1.82, 2.24) is 0 Å². The van der Waals surface area contributed by atoms with Gasteiger partial charge in [0.05, 0.1) is 22.9 Å². The van der Waals surface area contributed by atoms with E-state index in [1.807, 2.05) is 27.7 Å². The van der Waals surface area contributed by atoms with E-state index in [9.17, 15) is 19.8 Å². The molecule has 0 aromatic heterocycles. The van der Waals surface area contributed by atoms with Gasteiger partial charge in [-0.1, -0.05) is 20.8 Å². The number of fused-ring (bicyclic) bond motifs is 2. The maximum absolute atomic E-state index is 13.0. The number of epoxide rings is 1. The molecule has 1 aliphatic heterocycles. The first-order chi connectivity index (χ1) is 14.4. The van der Waals surface area contributed by atoms with Crippen LogP contribution in [0, 0.1) is 17.3 Å². The van der Waals surface area contributed by atoms with E-state index in [1.165, 1.54) is 31.2 Å². The summed E-state index contributed by atoms with van der Waals surface area (Å²) in [6.45, 7) is 9.28. The Morgan fingerprint density at radius 2 is 1.74 bits per heavy atom. The van der Waals surface area contributed by atoms with Crippen molar-refractivity contribution < 1.29 is 34.0 Å². The Labute approximate surface area is 182 Å². The summed E-state index contributed by atoms with van der Waals surface area (Å²) in [5.74, 6) is -1.39. The lowest BCUT2D eigenvalue weighted by molar-refractivity contribution is -0.155. The normalized spacial score (nSPS) is 41.1. The molecule has 1 aromatic carbocycles. The molecular formula is C24H32O7. The van der Waals surface area contributed by atoms with Gasteiger partial charge in [-0.25, -0.2) is 4.79 Å². The van der Waals surface area contributed by atoms with Crippen LogP contribution < -0.4 is 0 Å². The van der Waals surface area contributed by atoms with Crippen molar-refractivity contribution in [3.05, 3.63) is 29.8 Å². The van der Waals surface area contributed by atoms with Gasteiger partial charge in [-0.3, -0.25) is 4.79 Å². The molecule has 2 N–H and O–H groups in total. The van der Waals surface area contributed by atoms with Gasteiger partial charge >= 0.3 is 11.9 Å². The summed E-state index contributed by atoms with van der Waals surface area (Å²) in [5.41, 5.74) is -1.89. The standard InChI is InChI=1S/C24H32O7/c1-13(2)24(28)12-18(29-14(3)25)22(4)11-19-23(5,31-19)10-17(20(22)24)30-21(27)15-6-8-16(26)9-7-15/h6-9,13,17-20,26,28H,10-12H2,1-5H3/t17-,18-,19-,20-,22-,23+,24+/m0/s1. The smallest absolute Gasteiger partial charge is 0.338 e. The van der Waals surface area contributed by atoms with Crippen LogP contribution in [0.4, 0.5) is 0 Å². The largest absolute Gasteiger partial charge is 0.508 e. The zero-order valence-electron chi connectivity index (χ0n) is 18.8. The summed E-state index contributed by atoms with van der Waals surface area (Å²) in [7, 11) is 0. The summed E-state index contributed by atoms with van der Waals surface area (Å²) in [5, 5.41) is 21.4. The van der Waals surface area contributed by atoms with Gasteiger partial charge in [-0.15, -0.1) is 0 Å². The van der Waals surface area contributed by atoms with Crippen molar-refractivity contribution in [1.29, 1.82) is 0 Å². The summed E-state index contributed by atoms with van der Waals surface area (Å²) in [6.07, 6.45) is 0.227. The van der Waals surface area contributed by atoms with E-state index < -0.39 is 40.7 Å². The molecule has 1 aromatic rings. The molecule has 7 heteroatoms. The molecule has 31 heavy (non-hydrogen) atoms. The minimum atomic E-state index is -1.16. The maximum atomic E-state index is 13.0. The van der Waals surface area contributed by atoms with E-state index in [1.54, 1.807) is 0 Å². The molecule has 0 radical (unpaired) electrons. The number of phenols is 1. The quantitative estimate of drug-likeness (QED) is 0.556. The van der Waals surface area contributed by atoms with Gasteiger partial charge < -0.3 is 24.4 Å². The number of aromatic hydroxyl groups is 1. The molecule has 2 saturated carbocycles. The van der Waals surface area contributed by atoms with Crippen LogP contribution in [-0.2, 0) is 19.0 Å². The lowest BCUT2D eigenvalue weighted by Crippen LogP contribution is -2.51. The van der Waals surface area contributed by atoms with Crippen molar-refractivity contribution in [2.24, 2.45) is 17.3 Å². The Kier molecular flexibility index (Phi) is 5.13. The Bertz CT molecular complexity index is 880. The van der Waals surface area contributed by atoms with Crippen LogP contribution in [-0.4, -0.2) is 51.7 Å². The first kappa shape index (κ1) is 22.1. The van der Waals surface area contributed by atoms with Crippen LogP contribution in [0.15, 0.2) is 24.3 Å². The number of benzene rings is 1. The highest BCUT2D eigenvalue weighted by atomic mass is 16.6. The number of aliphatic hydroxyl groups is 1. The lowest BCUT2D eigenvalue weighted by Gasteiger charge is -2.44. The predicted molar refractivity (Wildman–Crippen MR) is 111 cm³/mol. The molecule has 0 bridgehead atoms. The number of hydrogen-bond acceptors (Lipinski definition) is 7. The molecule has 1 heterocycles. The van der Waals surface area contributed by atoms with Gasteiger partial charge in [0.2, 0.25) is 0 Å². The van der Waals surface area contributed by atoms with Crippen LogP contribution in [0.3, 0.4) is 0 Å². The van der Waals surface area contributed by atoms with Crippen LogP contribution >= 0.6 is 0 Å². The summed E-state index contributed by atoms with van der Waals surface area (Å²) in [4.78, 5) is 24.9. The number of carbonyl (C=O) groups excluding carboxylic acids is 2. The molecule has 3 aliphatic rings. The molecule has 7 atom stereocenters. The minimum absolute atomic E-state index is 0.0371. The van der Waals surface area contributed by atoms with Gasteiger partial charge in [0.25, 0.3) is 0 Å². The number of carbonyl (C=O) groups is 2. The highest BCUT2D eigenvalue weighted by molar-refractivity contribution is 5.89. The predicted octanol–water partition coefficient (Wildman–Crippen LogP) is 3.21. The second kappa shape index (κ2) is 7.20. The van der Waals surface area contributed by atoms with Crippen LogP contribution in [0.5, 0.6) is 5.75 Å². The van der Waals surface area contributed by atoms with Crippen molar-refractivity contribution in [3.63, 3.8) is 0 Å². The SMILES string of the molecule is CC(=O)O[C@H]1C[C@@](O)(C(C)C)[C@H]2[C@@H](OC(=O)c3ccc(O)cc3)C[C@@]3(C)O[C@H]3C[C@@]12C. The fourth-order valence-electron chi connectivity index (χ4n) is 5.96. The second-order valence-electron chi connectivity index (χ2n) is 10.2. The zero-order valence-corrected chi connectivity index (χ0v) is 18.8. The van der Waals surface area contributed by atoms with E-state index in [0.29, 0.717) is 24.8 Å². The number of ether oxygens (including phenoxy) is 3. The lowest BCUT2D eigenvalue weighted by atomic mass is 9.67. The second-order valence-corrected chi connectivity index (χ2v) is 10.2. The molecular weight excluding hydrogens is 400 g/mol. The van der Waals surface area contributed by atoms with Crippen molar-refractivity contribution >= 4 is 11.9 Å². The van der Waals surface area contributed by atoms with E-state index in [4.69, 9.17) is 14.2 Å². The summed E-state index contributed by atoms with van der Waals surface area (Å²) >= 11 is 0. The van der Waals surface area contributed by atoms with Crippen molar-refractivity contribution in [3.8, 4) is 5.75 Å². The fraction of sp³-hybridized carbons (Fsp3) is 0.667. The summed E-state index contributed by atoms with van der Waals surface area (Å²) < 4.78 is 17.7. The summed E-state index contributed by atoms with van der Waals surface area (Å²) in [6, 6.07) is 5.89. The minimum Gasteiger partial charge on any atom is -0.508 e. The van der Waals surface area contributed by atoms with Gasteiger partial charge in [0, 0.05) is 31.1 Å². The topological polar surface area (TPSA) is 106 Å². The molecule has 0 unspecified atom stereocenters. The molecule has 1 saturated heterocycles. The average Bonchev–Trinajstić information content (AvgIpc) is 3.23. The molecule has 2 aliphatic carbocycles. The Balaban J connectivity index is 1.73. The average molecular weight is 433 g/mol. The molecule has 0 spiro atoms. The van der Waals surface area contributed by atoms with Gasteiger partial charge in [-0.2, -0.15) is 0 Å². The molecule has 3 fully saturated rings. The van der Waals surface area contributed by atoms with Crippen molar-refractivity contribution in [2.45, 2.75) is 83.4 Å². The number of hydrogen-bond donors (Lipinski definition) is 2. The molecule has 7 nitrogen and oxygen atoms in total. The number of rotatable bonds is 4. The Morgan fingerprint density at radius 1 is 1.10 bits per heavy atom. The van der Waals surface area contributed by atoms with Crippen molar-refractivity contribution in [2.75, 3.05) is 0 Å². The third kappa shape index (κ3) is 3.61. The van der Waals surface area contributed by atoms with Crippen LogP contribution in [0.2, 0.25) is 0 Å². The first-order valence-corrected chi connectivity index (χ1v) is 11.0. The van der Waals surface area contributed by atoms with Gasteiger partial charge in [0.15, 0.2) is 0 Å². The highest BCUT2D eigenvalue weighted by Gasteiger charge is 2.71.